The van der Waals surface area contributed by atoms with Crippen LogP contribution >= 0.6 is 25.3 Å². The highest BCUT2D eigenvalue weighted by Gasteiger charge is 2.02. The molecule has 1 unspecified atom stereocenters. The Kier molecular flexibility index (Phi) is 11.9. The first-order valence-corrected chi connectivity index (χ1v) is 8.06. The molecular weight excluding hydrogens is 292 g/mol. The zero-order chi connectivity index (χ0) is 16.1. The normalized spacial score (nSPS) is 15.2. The minimum Gasteiger partial charge on any atom is -0.171 e. The lowest BCUT2D eigenvalue weighted by Gasteiger charge is -2.09. The molecule has 0 radical (unpaired) electrons. The van der Waals surface area contributed by atoms with Crippen molar-refractivity contribution in [3.05, 3.63) is 83.9 Å². The number of allylic oxidation sites excluding steroid dienone is 10. The van der Waals surface area contributed by atoms with Gasteiger partial charge in [0.05, 0.1) is 0 Å². The highest BCUT2D eigenvalue weighted by atomic mass is 32.1. The quantitative estimate of drug-likeness (QED) is 0.364. The van der Waals surface area contributed by atoms with E-state index in [0.717, 1.165) is 24.0 Å². The van der Waals surface area contributed by atoms with Crippen LogP contribution in [0.3, 0.4) is 0 Å². The molecular formula is C19H26S2. The molecule has 0 aliphatic rings. The van der Waals surface area contributed by atoms with Gasteiger partial charge in [0.15, 0.2) is 0 Å². The molecule has 0 aromatic rings. The summed E-state index contributed by atoms with van der Waals surface area (Å²) in [6, 6.07) is 0. The summed E-state index contributed by atoms with van der Waals surface area (Å²) in [6.07, 6.45) is 17.9. The zero-order valence-corrected chi connectivity index (χ0v) is 14.8. The van der Waals surface area contributed by atoms with E-state index >= 15 is 0 Å². The molecule has 1 atom stereocenters. The van der Waals surface area contributed by atoms with Crippen LogP contribution in [0.15, 0.2) is 83.9 Å². The van der Waals surface area contributed by atoms with E-state index in [0.29, 0.717) is 0 Å². The van der Waals surface area contributed by atoms with Gasteiger partial charge in [0, 0.05) is 5.25 Å². The molecule has 0 saturated carbocycles. The first kappa shape index (κ1) is 19.9. The van der Waals surface area contributed by atoms with Gasteiger partial charge in [-0.3, -0.25) is 0 Å². The largest absolute Gasteiger partial charge is 0.171 e. The monoisotopic (exact) mass is 318 g/mol. The van der Waals surface area contributed by atoms with Gasteiger partial charge in [-0.1, -0.05) is 67.3 Å². The van der Waals surface area contributed by atoms with E-state index in [1.807, 2.05) is 43.4 Å². The summed E-state index contributed by atoms with van der Waals surface area (Å²) in [5, 5.41) is 2.05. The fourth-order valence-electron chi connectivity index (χ4n) is 1.66. The van der Waals surface area contributed by atoms with E-state index < -0.39 is 0 Å². The second kappa shape index (κ2) is 12.6. The molecule has 0 spiro atoms. The van der Waals surface area contributed by atoms with Crippen LogP contribution < -0.4 is 0 Å². The van der Waals surface area contributed by atoms with Crippen molar-refractivity contribution in [1.82, 2.24) is 0 Å². The first-order valence-electron chi connectivity index (χ1n) is 7.03. The van der Waals surface area contributed by atoms with Crippen LogP contribution in [0.2, 0.25) is 0 Å². The van der Waals surface area contributed by atoms with Gasteiger partial charge < -0.3 is 0 Å². The smallest absolute Gasteiger partial charge is 0.0229 e. The average molecular weight is 319 g/mol. The molecule has 114 valence electrons. The third kappa shape index (κ3) is 9.43. The van der Waals surface area contributed by atoms with Gasteiger partial charge in [-0.25, -0.2) is 0 Å². The van der Waals surface area contributed by atoms with Crippen molar-refractivity contribution < 1.29 is 0 Å². The topological polar surface area (TPSA) is 0 Å². The highest BCUT2D eigenvalue weighted by Crippen LogP contribution is 2.16. The van der Waals surface area contributed by atoms with Crippen molar-refractivity contribution in [1.29, 1.82) is 0 Å². The van der Waals surface area contributed by atoms with Crippen molar-refractivity contribution in [2.24, 2.45) is 0 Å². The van der Waals surface area contributed by atoms with Crippen LogP contribution in [0, 0.1) is 0 Å². The fraction of sp³-hybridized carbons (Fsp3) is 0.263. The first-order chi connectivity index (χ1) is 10.1. The van der Waals surface area contributed by atoms with Gasteiger partial charge in [-0.15, -0.1) is 0 Å². The highest BCUT2D eigenvalue weighted by molar-refractivity contribution is 7.83. The molecule has 0 nitrogen and oxygen atoms in total. The molecule has 0 aromatic heterocycles. The van der Waals surface area contributed by atoms with E-state index in [1.54, 1.807) is 11.5 Å². The summed E-state index contributed by atoms with van der Waals surface area (Å²) in [5.74, 6) is 0. The van der Waals surface area contributed by atoms with Gasteiger partial charge in [-0.2, -0.15) is 25.3 Å². The van der Waals surface area contributed by atoms with E-state index in [4.69, 9.17) is 0 Å². The van der Waals surface area contributed by atoms with E-state index in [2.05, 4.69) is 51.4 Å². The molecule has 0 rings (SSSR count). The molecule has 0 fully saturated rings. The molecule has 0 bridgehead atoms. The summed E-state index contributed by atoms with van der Waals surface area (Å²) in [5.41, 5.74) is 3.28. The second-order valence-corrected chi connectivity index (χ2v) is 5.55. The Morgan fingerprint density at radius 1 is 1.24 bits per heavy atom. The van der Waals surface area contributed by atoms with Crippen molar-refractivity contribution in [2.45, 2.75) is 31.9 Å². The summed E-state index contributed by atoms with van der Waals surface area (Å²) in [6.45, 7) is 11.9. The van der Waals surface area contributed by atoms with Crippen LogP contribution in [0.5, 0.6) is 0 Å². The van der Waals surface area contributed by atoms with Crippen LogP contribution in [0.4, 0.5) is 0 Å². The molecule has 0 aromatic carbocycles. The van der Waals surface area contributed by atoms with Gasteiger partial charge in [0.25, 0.3) is 0 Å². The molecule has 0 aliphatic heterocycles. The number of rotatable bonds is 9. The maximum atomic E-state index is 4.61. The van der Waals surface area contributed by atoms with Gasteiger partial charge in [0.1, 0.15) is 0 Å². The Bertz CT molecular complexity index is 474. The predicted molar refractivity (Wildman–Crippen MR) is 105 cm³/mol. The summed E-state index contributed by atoms with van der Waals surface area (Å²) in [4.78, 5) is 0. The minimum absolute atomic E-state index is 0.270. The number of hydrogen-bond donors (Lipinski definition) is 2. The average Bonchev–Trinajstić information content (AvgIpc) is 2.46. The number of hydrogen-bond acceptors (Lipinski definition) is 2. The fourth-order valence-corrected chi connectivity index (χ4v) is 2.04. The zero-order valence-electron chi connectivity index (χ0n) is 13.0. The summed E-state index contributed by atoms with van der Waals surface area (Å²) < 4.78 is 0. The SMILES string of the molecule is C=C/C=C(\C=C/C)C(=C)/C=C\C=C(/C)C(S)CC/C=C\S. The van der Waals surface area contributed by atoms with Crippen molar-refractivity contribution in [3.8, 4) is 0 Å². The molecule has 0 aliphatic carbocycles. The van der Waals surface area contributed by atoms with E-state index in [9.17, 15) is 0 Å². The standard InChI is InChI=1S/C19H26S2/c1-5-10-18(11-6-2)16(3)12-9-13-17(4)19(21)14-7-8-15-20/h5-6,8-13,15,19-21H,1,3,7,14H2,2,4H3/b11-6-,12-9-,15-8-,17-13+,18-10+. The molecule has 21 heavy (non-hydrogen) atoms. The van der Waals surface area contributed by atoms with E-state index in [1.165, 1.54) is 5.57 Å². The van der Waals surface area contributed by atoms with Crippen molar-refractivity contribution in [2.75, 3.05) is 0 Å². The van der Waals surface area contributed by atoms with Crippen LogP contribution in [-0.4, -0.2) is 5.25 Å². The maximum Gasteiger partial charge on any atom is 0.0229 e. The third-order valence-electron chi connectivity index (χ3n) is 2.91. The lowest BCUT2D eigenvalue weighted by molar-refractivity contribution is 0.854. The second-order valence-electron chi connectivity index (χ2n) is 4.63. The number of thiol groups is 2. The van der Waals surface area contributed by atoms with Gasteiger partial charge in [0.2, 0.25) is 0 Å². The Morgan fingerprint density at radius 3 is 2.52 bits per heavy atom. The van der Waals surface area contributed by atoms with Crippen molar-refractivity contribution >= 4 is 25.3 Å². The third-order valence-corrected chi connectivity index (χ3v) is 3.79. The van der Waals surface area contributed by atoms with E-state index in [-0.39, 0.29) is 5.25 Å². The van der Waals surface area contributed by atoms with Gasteiger partial charge >= 0.3 is 0 Å². The molecule has 2 heteroatoms. The van der Waals surface area contributed by atoms with Crippen LogP contribution in [0.1, 0.15) is 26.7 Å². The molecule has 0 saturated heterocycles. The lowest BCUT2D eigenvalue weighted by Crippen LogP contribution is -1.99. The predicted octanol–water partition coefficient (Wildman–Crippen LogP) is 6.26. The molecule has 0 N–H and O–H groups in total. The molecule has 0 heterocycles. The summed E-state index contributed by atoms with van der Waals surface area (Å²) >= 11 is 8.66. The van der Waals surface area contributed by atoms with Crippen molar-refractivity contribution in [3.63, 3.8) is 0 Å². The Hall–Kier alpha value is -1.12. The van der Waals surface area contributed by atoms with Crippen LogP contribution in [-0.2, 0) is 0 Å². The Morgan fingerprint density at radius 2 is 1.95 bits per heavy atom. The summed E-state index contributed by atoms with van der Waals surface area (Å²) in [7, 11) is 0. The van der Waals surface area contributed by atoms with Crippen LogP contribution in [0.25, 0.3) is 0 Å². The van der Waals surface area contributed by atoms with Gasteiger partial charge in [-0.05, 0) is 43.2 Å². The Labute approximate surface area is 141 Å². The molecule has 0 amide bonds. The lowest BCUT2D eigenvalue weighted by atomic mass is 10.1. The maximum absolute atomic E-state index is 4.61. The minimum atomic E-state index is 0.270. The Balaban J connectivity index is 4.65.